The van der Waals surface area contributed by atoms with Crippen molar-refractivity contribution in [1.82, 2.24) is 0 Å². The molecular formula is C10H20O4. The van der Waals surface area contributed by atoms with Gasteiger partial charge in [-0.05, 0) is 13.8 Å². The van der Waals surface area contributed by atoms with Gasteiger partial charge in [0.1, 0.15) is 12.7 Å². The second-order valence-corrected chi connectivity index (χ2v) is 3.25. The number of hydrogen-bond donors (Lipinski definition) is 0. The predicted octanol–water partition coefficient (Wildman–Crippen LogP) is 1.73. The van der Waals surface area contributed by atoms with Gasteiger partial charge >= 0.3 is 5.97 Å². The molecule has 1 rings (SSSR count). The van der Waals surface area contributed by atoms with Gasteiger partial charge < -0.3 is 14.2 Å². The topological polar surface area (TPSA) is 44.8 Å². The van der Waals surface area contributed by atoms with E-state index in [0.29, 0.717) is 6.61 Å². The Morgan fingerprint density at radius 1 is 1.50 bits per heavy atom. The van der Waals surface area contributed by atoms with Crippen LogP contribution in [0.5, 0.6) is 0 Å². The molecule has 0 aromatic rings. The van der Waals surface area contributed by atoms with E-state index in [2.05, 4.69) is 0 Å². The summed E-state index contributed by atoms with van der Waals surface area (Å²) in [5.74, 6) is -0.825. The Bertz CT molecular complexity index is 177. The molecule has 14 heavy (non-hydrogen) atoms. The molecule has 1 atom stereocenters. The molecule has 1 heterocycles. The molecule has 0 radical (unpaired) electrons. The third-order valence-corrected chi connectivity index (χ3v) is 1.54. The molecule has 4 nitrogen and oxygen atoms in total. The van der Waals surface area contributed by atoms with Crippen LogP contribution in [0.4, 0.5) is 0 Å². The summed E-state index contributed by atoms with van der Waals surface area (Å²) in [6.45, 7) is 9.81. The molecule has 0 saturated carbocycles. The van der Waals surface area contributed by atoms with Crippen LogP contribution in [0.2, 0.25) is 0 Å². The summed E-state index contributed by atoms with van der Waals surface area (Å²) in [4.78, 5) is 10.4. The fraction of sp³-hybridized carbons (Fsp3) is 0.900. The molecule has 0 aliphatic carbocycles. The Balaban J connectivity index is 0.000000791. The van der Waals surface area contributed by atoms with Crippen molar-refractivity contribution in [2.45, 2.75) is 46.5 Å². The summed E-state index contributed by atoms with van der Waals surface area (Å²) in [6, 6.07) is 0. The first kappa shape index (κ1) is 13.4. The van der Waals surface area contributed by atoms with Gasteiger partial charge in [-0.2, -0.15) is 0 Å². The molecule has 0 spiro atoms. The van der Waals surface area contributed by atoms with Gasteiger partial charge in [0.05, 0.1) is 6.61 Å². The second-order valence-electron chi connectivity index (χ2n) is 3.25. The van der Waals surface area contributed by atoms with Crippen LogP contribution in [0.3, 0.4) is 0 Å². The highest BCUT2D eigenvalue weighted by atomic mass is 16.7. The number of ether oxygens (including phenoxy) is 3. The molecule has 4 heteroatoms. The van der Waals surface area contributed by atoms with E-state index in [4.69, 9.17) is 14.2 Å². The Hall–Kier alpha value is -0.610. The first-order chi connectivity index (χ1) is 6.49. The van der Waals surface area contributed by atoms with Crippen LogP contribution in [0, 0.1) is 0 Å². The quantitative estimate of drug-likeness (QED) is 0.642. The first-order valence-corrected chi connectivity index (χ1v) is 4.95. The third-order valence-electron chi connectivity index (χ3n) is 1.54. The van der Waals surface area contributed by atoms with Crippen LogP contribution in [-0.2, 0) is 19.0 Å². The van der Waals surface area contributed by atoms with Crippen LogP contribution >= 0.6 is 0 Å². The largest absolute Gasteiger partial charge is 0.463 e. The van der Waals surface area contributed by atoms with Crippen molar-refractivity contribution in [1.29, 1.82) is 0 Å². The summed E-state index contributed by atoms with van der Waals surface area (Å²) in [7, 11) is 0. The summed E-state index contributed by atoms with van der Waals surface area (Å²) in [6.07, 6.45) is -0.121. The second kappa shape index (κ2) is 5.98. The van der Waals surface area contributed by atoms with Crippen molar-refractivity contribution in [2.24, 2.45) is 0 Å². The zero-order chi connectivity index (χ0) is 11.2. The lowest BCUT2D eigenvalue weighted by Crippen LogP contribution is -2.24. The third kappa shape index (κ3) is 5.19. The number of carbonyl (C=O) groups excluding carboxylic acids is 1. The average Bonchev–Trinajstić information content (AvgIpc) is 2.46. The van der Waals surface area contributed by atoms with E-state index in [0.717, 1.165) is 0 Å². The molecule has 1 saturated heterocycles. The van der Waals surface area contributed by atoms with E-state index in [1.807, 2.05) is 27.7 Å². The highest BCUT2D eigenvalue weighted by Crippen LogP contribution is 2.22. The molecule has 1 fully saturated rings. The molecule has 0 aromatic carbocycles. The van der Waals surface area contributed by atoms with Gasteiger partial charge in [0, 0.05) is 6.92 Å². The standard InChI is InChI=1S/C8H14O4.C2H6/c1-6(9)10-4-7-5-11-8(2,3)12-7;1-2/h7H,4-5H2,1-3H3;1-2H3. The summed E-state index contributed by atoms with van der Waals surface area (Å²) >= 11 is 0. The van der Waals surface area contributed by atoms with Gasteiger partial charge in [0.2, 0.25) is 0 Å². The van der Waals surface area contributed by atoms with Gasteiger partial charge in [-0.3, -0.25) is 4.79 Å². The number of esters is 1. The minimum absolute atomic E-state index is 0.121. The fourth-order valence-electron chi connectivity index (χ4n) is 1.06. The van der Waals surface area contributed by atoms with Crippen molar-refractivity contribution in [3.63, 3.8) is 0 Å². The van der Waals surface area contributed by atoms with Gasteiger partial charge in [-0.1, -0.05) is 13.8 Å². The van der Waals surface area contributed by atoms with E-state index >= 15 is 0 Å². The molecule has 0 aromatic heterocycles. The van der Waals surface area contributed by atoms with Crippen molar-refractivity contribution < 1.29 is 19.0 Å². The summed E-state index contributed by atoms with van der Waals surface area (Å²) in [5.41, 5.74) is 0. The lowest BCUT2D eigenvalue weighted by atomic mass is 10.4. The summed E-state index contributed by atoms with van der Waals surface area (Å²) < 4.78 is 15.4. The normalized spacial score (nSPS) is 23.6. The van der Waals surface area contributed by atoms with E-state index in [-0.39, 0.29) is 18.7 Å². The smallest absolute Gasteiger partial charge is 0.302 e. The Labute approximate surface area is 85.5 Å². The highest BCUT2D eigenvalue weighted by Gasteiger charge is 2.32. The predicted molar refractivity (Wildman–Crippen MR) is 52.9 cm³/mol. The Morgan fingerprint density at radius 3 is 2.43 bits per heavy atom. The van der Waals surface area contributed by atoms with Crippen molar-refractivity contribution in [2.75, 3.05) is 13.2 Å². The molecule has 0 amide bonds. The maximum absolute atomic E-state index is 10.4. The zero-order valence-electron chi connectivity index (χ0n) is 9.62. The molecule has 84 valence electrons. The number of hydrogen-bond acceptors (Lipinski definition) is 4. The Kier molecular flexibility index (Phi) is 5.72. The number of carbonyl (C=O) groups is 1. The minimum atomic E-state index is -0.537. The molecular weight excluding hydrogens is 184 g/mol. The van der Waals surface area contributed by atoms with Crippen LogP contribution in [0.15, 0.2) is 0 Å². The van der Waals surface area contributed by atoms with E-state index in [9.17, 15) is 4.79 Å². The molecule has 1 aliphatic rings. The van der Waals surface area contributed by atoms with Crippen molar-refractivity contribution >= 4 is 5.97 Å². The number of rotatable bonds is 2. The SMILES string of the molecule is CC.CC(=O)OCC1COC(C)(C)O1. The molecule has 0 N–H and O–H groups in total. The van der Waals surface area contributed by atoms with E-state index in [1.165, 1.54) is 6.92 Å². The van der Waals surface area contributed by atoms with Crippen LogP contribution in [0.25, 0.3) is 0 Å². The minimum Gasteiger partial charge on any atom is -0.463 e. The van der Waals surface area contributed by atoms with Crippen molar-refractivity contribution in [3.8, 4) is 0 Å². The first-order valence-electron chi connectivity index (χ1n) is 4.95. The van der Waals surface area contributed by atoms with Crippen LogP contribution in [0.1, 0.15) is 34.6 Å². The molecule has 1 aliphatic heterocycles. The maximum Gasteiger partial charge on any atom is 0.302 e. The van der Waals surface area contributed by atoms with Gasteiger partial charge in [-0.15, -0.1) is 0 Å². The Morgan fingerprint density at radius 2 is 2.07 bits per heavy atom. The van der Waals surface area contributed by atoms with Gasteiger partial charge in [0.15, 0.2) is 5.79 Å². The van der Waals surface area contributed by atoms with Crippen LogP contribution < -0.4 is 0 Å². The lowest BCUT2D eigenvalue weighted by molar-refractivity contribution is -0.156. The van der Waals surface area contributed by atoms with Gasteiger partial charge in [-0.25, -0.2) is 0 Å². The van der Waals surface area contributed by atoms with Gasteiger partial charge in [0.25, 0.3) is 0 Å². The molecule has 0 bridgehead atoms. The average molecular weight is 204 g/mol. The molecule has 1 unspecified atom stereocenters. The monoisotopic (exact) mass is 204 g/mol. The fourth-order valence-corrected chi connectivity index (χ4v) is 1.06. The van der Waals surface area contributed by atoms with E-state index < -0.39 is 5.79 Å². The van der Waals surface area contributed by atoms with E-state index in [1.54, 1.807) is 0 Å². The lowest BCUT2D eigenvalue weighted by Gasteiger charge is -2.16. The maximum atomic E-state index is 10.4. The van der Waals surface area contributed by atoms with Crippen LogP contribution in [-0.4, -0.2) is 31.1 Å². The zero-order valence-corrected chi connectivity index (χ0v) is 9.62. The van der Waals surface area contributed by atoms with Crippen molar-refractivity contribution in [3.05, 3.63) is 0 Å². The summed E-state index contributed by atoms with van der Waals surface area (Å²) in [5, 5.41) is 0. The highest BCUT2D eigenvalue weighted by molar-refractivity contribution is 5.65.